The largest absolute Gasteiger partial charge is 0.508 e. The second kappa shape index (κ2) is 6.70. The molecule has 0 saturated carbocycles. The average Bonchev–Trinajstić information content (AvgIpc) is 2.47. The molecule has 0 fully saturated rings. The molecule has 1 atom stereocenters. The Morgan fingerprint density at radius 3 is 2.27 bits per heavy atom. The van der Waals surface area contributed by atoms with Crippen LogP contribution < -0.4 is 4.74 Å². The van der Waals surface area contributed by atoms with Gasteiger partial charge in [-0.05, 0) is 42.0 Å². The Bertz CT molecular complexity index is 609. The monoisotopic (exact) mass is 312 g/mol. The minimum Gasteiger partial charge on any atom is -0.508 e. The van der Waals surface area contributed by atoms with Crippen molar-refractivity contribution in [2.75, 3.05) is 13.2 Å². The Morgan fingerprint density at radius 1 is 1.05 bits per heavy atom. The van der Waals surface area contributed by atoms with E-state index in [-0.39, 0.29) is 30.6 Å². The van der Waals surface area contributed by atoms with Crippen molar-refractivity contribution in [2.45, 2.75) is 12.1 Å². The Hall–Kier alpha value is -2.21. The maximum Gasteiger partial charge on any atom is 0.416 e. The molecule has 0 amide bonds. The van der Waals surface area contributed by atoms with Crippen LogP contribution >= 0.6 is 0 Å². The van der Waals surface area contributed by atoms with E-state index >= 15 is 0 Å². The highest BCUT2D eigenvalue weighted by Crippen LogP contribution is 2.30. The predicted octanol–water partition coefficient (Wildman–Crippen LogP) is 3.57. The summed E-state index contributed by atoms with van der Waals surface area (Å²) in [5.74, 6) is -0.0218. The number of benzene rings is 2. The van der Waals surface area contributed by atoms with E-state index in [1.807, 2.05) is 0 Å². The maximum absolute atomic E-state index is 12.4. The number of phenols is 1. The fourth-order valence-electron chi connectivity index (χ4n) is 1.97. The van der Waals surface area contributed by atoms with Gasteiger partial charge in [-0.2, -0.15) is 13.2 Å². The maximum atomic E-state index is 12.4. The van der Waals surface area contributed by atoms with E-state index < -0.39 is 11.7 Å². The van der Waals surface area contributed by atoms with Gasteiger partial charge in [0.15, 0.2) is 0 Å². The zero-order valence-corrected chi connectivity index (χ0v) is 11.5. The van der Waals surface area contributed by atoms with Gasteiger partial charge in [0, 0.05) is 5.92 Å². The van der Waals surface area contributed by atoms with Gasteiger partial charge in [0.05, 0.1) is 18.8 Å². The van der Waals surface area contributed by atoms with Gasteiger partial charge >= 0.3 is 6.18 Å². The van der Waals surface area contributed by atoms with E-state index in [4.69, 9.17) is 4.74 Å². The zero-order chi connectivity index (χ0) is 16.2. The lowest BCUT2D eigenvalue weighted by atomic mass is 10.0. The van der Waals surface area contributed by atoms with E-state index in [1.54, 1.807) is 12.1 Å². The molecule has 2 aromatic rings. The Labute approximate surface area is 125 Å². The number of hydrogen-bond acceptors (Lipinski definition) is 3. The number of ether oxygens (including phenoxy) is 1. The first kappa shape index (κ1) is 16.2. The molecule has 0 aliphatic heterocycles. The molecule has 3 nitrogen and oxygen atoms in total. The molecule has 0 aromatic heterocycles. The zero-order valence-electron chi connectivity index (χ0n) is 11.5. The number of aromatic hydroxyl groups is 1. The number of phenolic OH excluding ortho intramolecular Hbond substituents is 1. The quantitative estimate of drug-likeness (QED) is 0.887. The highest BCUT2D eigenvalue weighted by atomic mass is 19.4. The van der Waals surface area contributed by atoms with Crippen LogP contribution in [0.1, 0.15) is 17.0 Å². The normalized spacial score (nSPS) is 12.9. The molecule has 0 radical (unpaired) electrons. The molecular formula is C16H15F3O3. The van der Waals surface area contributed by atoms with Crippen LogP contribution in [-0.4, -0.2) is 23.4 Å². The molecule has 2 N–H and O–H groups in total. The second-order valence-corrected chi connectivity index (χ2v) is 4.81. The van der Waals surface area contributed by atoms with Crippen molar-refractivity contribution in [3.8, 4) is 11.5 Å². The summed E-state index contributed by atoms with van der Waals surface area (Å²) in [6.45, 7) is -0.116. The van der Waals surface area contributed by atoms with Crippen molar-refractivity contribution in [1.82, 2.24) is 0 Å². The molecule has 22 heavy (non-hydrogen) atoms. The fourth-order valence-corrected chi connectivity index (χ4v) is 1.97. The van der Waals surface area contributed by atoms with Crippen LogP contribution in [0.3, 0.4) is 0 Å². The average molecular weight is 312 g/mol. The first-order chi connectivity index (χ1) is 10.4. The van der Waals surface area contributed by atoms with Gasteiger partial charge < -0.3 is 14.9 Å². The van der Waals surface area contributed by atoms with Crippen molar-refractivity contribution >= 4 is 0 Å². The van der Waals surface area contributed by atoms with E-state index in [2.05, 4.69) is 0 Å². The van der Waals surface area contributed by atoms with E-state index in [9.17, 15) is 23.4 Å². The highest BCUT2D eigenvalue weighted by Gasteiger charge is 2.30. The number of alkyl halides is 3. The van der Waals surface area contributed by atoms with Gasteiger partial charge in [-0.3, -0.25) is 0 Å². The van der Waals surface area contributed by atoms with Gasteiger partial charge in [0.25, 0.3) is 0 Å². The van der Waals surface area contributed by atoms with Gasteiger partial charge in [0.2, 0.25) is 0 Å². The number of halogens is 3. The summed E-state index contributed by atoms with van der Waals surface area (Å²) < 4.78 is 42.8. The van der Waals surface area contributed by atoms with Crippen molar-refractivity contribution in [1.29, 1.82) is 0 Å². The molecule has 0 bridgehead atoms. The van der Waals surface area contributed by atoms with E-state index in [0.717, 1.165) is 12.1 Å². The number of rotatable bonds is 5. The van der Waals surface area contributed by atoms with E-state index in [1.165, 1.54) is 24.3 Å². The molecule has 0 heterocycles. The summed E-state index contributed by atoms with van der Waals surface area (Å²) in [5.41, 5.74) is -0.0547. The topological polar surface area (TPSA) is 49.7 Å². The molecule has 2 aromatic carbocycles. The van der Waals surface area contributed by atoms with Gasteiger partial charge in [0.1, 0.15) is 11.5 Å². The van der Waals surface area contributed by atoms with Crippen molar-refractivity contribution in [3.63, 3.8) is 0 Å². The third-order valence-electron chi connectivity index (χ3n) is 3.19. The highest BCUT2D eigenvalue weighted by molar-refractivity contribution is 5.31. The van der Waals surface area contributed by atoms with Crippen LogP contribution in [0, 0.1) is 0 Å². The Kier molecular flexibility index (Phi) is 4.92. The van der Waals surface area contributed by atoms with Crippen molar-refractivity contribution in [3.05, 3.63) is 59.7 Å². The molecule has 0 spiro atoms. The molecular weight excluding hydrogens is 297 g/mol. The number of aliphatic hydroxyl groups is 1. The van der Waals surface area contributed by atoms with Crippen molar-refractivity contribution in [2.24, 2.45) is 0 Å². The second-order valence-electron chi connectivity index (χ2n) is 4.81. The van der Waals surface area contributed by atoms with Crippen LogP contribution in [0.4, 0.5) is 13.2 Å². The lowest BCUT2D eigenvalue weighted by molar-refractivity contribution is -0.137. The van der Waals surface area contributed by atoms with Crippen LogP contribution in [0.2, 0.25) is 0 Å². The smallest absolute Gasteiger partial charge is 0.416 e. The molecule has 0 aliphatic rings. The van der Waals surface area contributed by atoms with Crippen LogP contribution in [0.25, 0.3) is 0 Å². The van der Waals surface area contributed by atoms with Gasteiger partial charge in [-0.25, -0.2) is 0 Å². The summed E-state index contributed by atoms with van der Waals surface area (Å²) in [7, 11) is 0. The fraction of sp³-hybridized carbons (Fsp3) is 0.250. The van der Waals surface area contributed by atoms with Crippen LogP contribution in [0.15, 0.2) is 48.5 Å². The summed E-state index contributed by atoms with van der Waals surface area (Å²) in [4.78, 5) is 0. The van der Waals surface area contributed by atoms with Crippen molar-refractivity contribution < 1.29 is 28.1 Å². The molecule has 2 rings (SSSR count). The minimum absolute atomic E-state index is 0.0745. The van der Waals surface area contributed by atoms with E-state index in [0.29, 0.717) is 5.56 Å². The van der Waals surface area contributed by atoms with Crippen LogP contribution in [-0.2, 0) is 6.18 Å². The lowest BCUT2D eigenvalue weighted by Gasteiger charge is -2.16. The number of hydrogen-bond donors (Lipinski definition) is 2. The first-order valence-corrected chi connectivity index (χ1v) is 6.60. The molecule has 0 saturated heterocycles. The molecule has 118 valence electrons. The SMILES string of the molecule is OCC(COc1ccc(C(F)(F)F)cc1)c1cccc(O)c1. The molecule has 6 heteroatoms. The third-order valence-corrected chi connectivity index (χ3v) is 3.19. The summed E-state index contributed by atoms with van der Waals surface area (Å²) in [5, 5.41) is 18.8. The predicted molar refractivity (Wildman–Crippen MR) is 74.9 cm³/mol. The van der Waals surface area contributed by atoms with Gasteiger partial charge in [-0.15, -0.1) is 0 Å². The summed E-state index contributed by atoms with van der Waals surface area (Å²) in [6, 6.07) is 10.8. The number of aliphatic hydroxyl groups excluding tert-OH is 1. The summed E-state index contributed by atoms with van der Waals surface area (Å²) >= 11 is 0. The summed E-state index contributed by atoms with van der Waals surface area (Å²) in [6.07, 6.45) is -4.38. The lowest BCUT2D eigenvalue weighted by Crippen LogP contribution is -2.14. The standard InChI is InChI=1S/C16H15F3O3/c17-16(18,19)13-4-6-15(7-5-13)22-10-12(9-20)11-2-1-3-14(21)8-11/h1-8,12,20-21H,9-10H2. The Morgan fingerprint density at radius 2 is 1.73 bits per heavy atom. The first-order valence-electron chi connectivity index (χ1n) is 6.60. The van der Waals surface area contributed by atoms with Gasteiger partial charge in [-0.1, -0.05) is 12.1 Å². The Balaban J connectivity index is 2.02. The third kappa shape index (κ3) is 4.14. The molecule has 1 unspecified atom stereocenters. The minimum atomic E-state index is -4.38. The van der Waals surface area contributed by atoms with Crippen LogP contribution in [0.5, 0.6) is 11.5 Å². The molecule has 0 aliphatic carbocycles.